The molecule has 6 nitrogen and oxygen atoms in total. The molecule has 0 aromatic heterocycles. The number of hydrogen-bond donors (Lipinski definition) is 2. The number of nitrogens with one attached hydrogen (secondary N) is 1. The zero-order chi connectivity index (χ0) is 21.2. The van der Waals surface area contributed by atoms with Gasteiger partial charge < -0.3 is 24.6 Å². The number of aliphatic hydroxyl groups excluding tert-OH is 1. The first-order valence-electron chi connectivity index (χ1n) is 9.62. The first kappa shape index (κ1) is 21.2. The molecule has 0 saturated carbocycles. The van der Waals surface area contributed by atoms with Gasteiger partial charge in [-0.25, -0.2) is 4.79 Å². The maximum atomic E-state index is 12.2. The molecule has 1 amide bonds. The van der Waals surface area contributed by atoms with Crippen LogP contribution < -0.4 is 14.8 Å². The van der Waals surface area contributed by atoms with E-state index < -0.39 is 12.1 Å². The van der Waals surface area contributed by atoms with Crippen molar-refractivity contribution in [1.29, 1.82) is 0 Å². The number of ether oxygens (including phenoxy) is 3. The number of benzene rings is 3. The molecule has 0 aliphatic carbocycles. The molecule has 0 saturated heterocycles. The number of alkyl carbamates (subject to hydrolysis) is 1. The van der Waals surface area contributed by atoms with Crippen LogP contribution in [0.4, 0.5) is 4.79 Å². The standard InChI is InChI=1S/C24H25NO5/c1-28-23-14-20(29-16-18-8-4-2-5-9-18)12-13-21(23)22(15-26)25-24(27)30-17-19-10-6-3-7-11-19/h2-14,22,26H,15-17H2,1H3,(H,25,27)/t22-/m0/s1. The largest absolute Gasteiger partial charge is 0.496 e. The summed E-state index contributed by atoms with van der Waals surface area (Å²) in [6, 6.07) is 23.8. The van der Waals surface area contributed by atoms with Crippen molar-refractivity contribution in [2.45, 2.75) is 19.3 Å². The van der Waals surface area contributed by atoms with Crippen LogP contribution in [-0.2, 0) is 18.0 Å². The van der Waals surface area contributed by atoms with Crippen LogP contribution in [0.2, 0.25) is 0 Å². The number of amides is 1. The average Bonchev–Trinajstić information content (AvgIpc) is 2.81. The molecule has 3 rings (SSSR count). The lowest BCUT2D eigenvalue weighted by molar-refractivity contribution is 0.129. The summed E-state index contributed by atoms with van der Waals surface area (Å²) in [5.41, 5.74) is 2.56. The van der Waals surface area contributed by atoms with Crippen molar-refractivity contribution in [3.05, 3.63) is 95.6 Å². The predicted molar refractivity (Wildman–Crippen MR) is 113 cm³/mol. The van der Waals surface area contributed by atoms with E-state index in [0.717, 1.165) is 11.1 Å². The van der Waals surface area contributed by atoms with Gasteiger partial charge in [-0.1, -0.05) is 60.7 Å². The van der Waals surface area contributed by atoms with Crippen LogP contribution in [0.1, 0.15) is 22.7 Å². The van der Waals surface area contributed by atoms with Gasteiger partial charge in [0, 0.05) is 11.6 Å². The zero-order valence-corrected chi connectivity index (χ0v) is 16.8. The Bertz CT molecular complexity index is 931. The molecule has 0 heterocycles. The molecule has 0 unspecified atom stereocenters. The first-order chi connectivity index (χ1) is 14.7. The van der Waals surface area contributed by atoms with Gasteiger partial charge in [-0.05, 0) is 23.3 Å². The minimum Gasteiger partial charge on any atom is -0.496 e. The summed E-state index contributed by atoms with van der Waals surface area (Å²) in [6.07, 6.45) is -0.621. The molecule has 1 atom stereocenters. The minimum atomic E-state index is -0.675. The normalized spacial score (nSPS) is 11.4. The molecule has 0 aliphatic heterocycles. The lowest BCUT2D eigenvalue weighted by atomic mass is 10.1. The molecule has 30 heavy (non-hydrogen) atoms. The molecule has 0 fully saturated rings. The highest BCUT2D eigenvalue weighted by Crippen LogP contribution is 2.30. The number of carbonyl (C=O) groups is 1. The summed E-state index contributed by atoms with van der Waals surface area (Å²) in [5, 5.41) is 12.5. The Morgan fingerprint density at radius 3 is 2.17 bits per heavy atom. The fraction of sp³-hybridized carbons (Fsp3) is 0.208. The molecule has 0 aliphatic rings. The molecule has 2 N–H and O–H groups in total. The third-order valence-electron chi connectivity index (χ3n) is 4.52. The van der Waals surface area contributed by atoms with E-state index in [-0.39, 0.29) is 13.2 Å². The summed E-state index contributed by atoms with van der Waals surface area (Å²) >= 11 is 0. The second-order valence-corrected chi connectivity index (χ2v) is 6.62. The van der Waals surface area contributed by atoms with E-state index in [9.17, 15) is 9.90 Å². The van der Waals surface area contributed by atoms with Gasteiger partial charge in [-0.3, -0.25) is 0 Å². The van der Waals surface area contributed by atoms with Crippen molar-refractivity contribution in [3.63, 3.8) is 0 Å². The maximum Gasteiger partial charge on any atom is 0.408 e. The quantitative estimate of drug-likeness (QED) is 0.555. The number of methoxy groups -OCH3 is 1. The predicted octanol–water partition coefficient (Wildman–Crippen LogP) is 4.23. The Kier molecular flexibility index (Phi) is 7.69. The van der Waals surface area contributed by atoms with Crippen LogP contribution in [0.25, 0.3) is 0 Å². The summed E-state index contributed by atoms with van der Waals surface area (Å²) < 4.78 is 16.5. The van der Waals surface area contributed by atoms with E-state index >= 15 is 0 Å². The van der Waals surface area contributed by atoms with Gasteiger partial charge in [0.1, 0.15) is 24.7 Å². The molecule has 0 radical (unpaired) electrons. The summed E-state index contributed by atoms with van der Waals surface area (Å²) in [7, 11) is 1.53. The second kappa shape index (κ2) is 10.9. The Morgan fingerprint density at radius 2 is 1.57 bits per heavy atom. The van der Waals surface area contributed by atoms with Crippen molar-refractivity contribution in [2.75, 3.05) is 13.7 Å². The van der Waals surface area contributed by atoms with E-state index in [1.807, 2.05) is 60.7 Å². The van der Waals surface area contributed by atoms with Crippen LogP contribution in [0.3, 0.4) is 0 Å². The Balaban J connectivity index is 1.62. The van der Waals surface area contributed by atoms with Crippen molar-refractivity contribution >= 4 is 6.09 Å². The van der Waals surface area contributed by atoms with Gasteiger partial charge in [-0.15, -0.1) is 0 Å². The average molecular weight is 407 g/mol. The van der Waals surface area contributed by atoms with Crippen molar-refractivity contribution in [3.8, 4) is 11.5 Å². The highest BCUT2D eigenvalue weighted by molar-refractivity contribution is 5.68. The fourth-order valence-corrected chi connectivity index (χ4v) is 2.94. The highest BCUT2D eigenvalue weighted by atomic mass is 16.5. The van der Waals surface area contributed by atoms with E-state index in [1.165, 1.54) is 7.11 Å². The number of carbonyl (C=O) groups excluding carboxylic acids is 1. The minimum absolute atomic E-state index is 0.147. The van der Waals surface area contributed by atoms with Crippen molar-refractivity contribution in [2.24, 2.45) is 0 Å². The summed E-state index contributed by atoms with van der Waals surface area (Å²) in [5.74, 6) is 1.13. The van der Waals surface area contributed by atoms with E-state index in [1.54, 1.807) is 18.2 Å². The smallest absolute Gasteiger partial charge is 0.408 e. The molecule has 0 bridgehead atoms. The molecule has 0 spiro atoms. The molecular formula is C24H25NO5. The summed E-state index contributed by atoms with van der Waals surface area (Å²) in [6.45, 7) is 0.270. The Hall–Kier alpha value is -3.51. The SMILES string of the molecule is COc1cc(OCc2ccccc2)ccc1[C@H](CO)NC(=O)OCc1ccccc1. The molecule has 156 valence electrons. The Labute approximate surface area is 176 Å². The van der Waals surface area contributed by atoms with E-state index in [4.69, 9.17) is 14.2 Å². The number of hydrogen-bond acceptors (Lipinski definition) is 5. The third-order valence-corrected chi connectivity index (χ3v) is 4.52. The van der Waals surface area contributed by atoms with Crippen LogP contribution >= 0.6 is 0 Å². The highest BCUT2D eigenvalue weighted by Gasteiger charge is 2.19. The monoisotopic (exact) mass is 407 g/mol. The first-order valence-corrected chi connectivity index (χ1v) is 9.62. The van der Waals surface area contributed by atoms with Gasteiger partial charge in [0.15, 0.2) is 0 Å². The fourth-order valence-electron chi connectivity index (χ4n) is 2.94. The van der Waals surface area contributed by atoms with Crippen molar-refractivity contribution in [1.82, 2.24) is 5.32 Å². The van der Waals surface area contributed by atoms with Crippen LogP contribution in [0.5, 0.6) is 11.5 Å². The Morgan fingerprint density at radius 1 is 0.933 bits per heavy atom. The second-order valence-electron chi connectivity index (χ2n) is 6.62. The van der Waals surface area contributed by atoms with Gasteiger partial charge in [0.25, 0.3) is 0 Å². The molecule has 6 heteroatoms. The topological polar surface area (TPSA) is 77.0 Å². The van der Waals surface area contributed by atoms with Crippen molar-refractivity contribution < 1.29 is 24.1 Å². The van der Waals surface area contributed by atoms with Gasteiger partial charge in [-0.2, -0.15) is 0 Å². The molecule has 3 aromatic rings. The van der Waals surface area contributed by atoms with E-state index in [2.05, 4.69) is 5.32 Å². The van der Waals surface area contributed by atoms with E-state index in [0.29, 0.717) is 23.7 Å². The maximum absolute atomic E-state index is 12.2. The van der Waals surface area contributed by atoms with Crippen LogP contribution in [0.15, 0.2) is 78.9 Å². The van der Waals surface area contributed by atoms with Gasteiger partial charge in [0.05, 0.1) is 19.8 Å². The van der Waals surface area contributed by atoms with Crippen LogP contribution in [0, 0.1) is 0 Å². The lowest BCUT2D eigenvalue weighted by Crippen LogP contribution is -2.31. The molecular weight excluding hydrogens is 382 g/mol. The van der Waals surface area contributed by atoms with Crippen LogP contribution in [-0.4, -0.2) is 24.9 Å². The third kappa shape index (κ3) is 5.99. The number of aliphatic hydroxyl groups is 1. The van der Waals surface area contributed by atoms with Gasteiger partial charge >= 0.3 is 6.09 Å². The number of rotatable bonds is 9. The zero-order valence-electron chi connectivity index (χ0n) is 16.8. The van der Waals surface area contributed by atoms with Gasteiger partial charge in [0.2, 0.25) is 0 Å². The summed E-state index contributed by atoms with van der Waals surface area (Å²) in [4.78, 5) is 12.2. The molecule has 3 aromatic carbocycles. The lowest BCUT2D eigenvalue weighted by Gasteiger charge is -2.20.